The molecule has 0 bridgehead atoms. The zero-order valence-corrected chi connectivity index (χ0v) is 15.3. The second-order valence-corrected chi connectivity index (χ2v) is 7.86. The molecule has 0 aliphatic carbocycles. The summed E-state index contributed by atoms with van der Waals surface area (Å²) >= 11 is 1.60. The molecule has 0 saturated heterocycles. The monoisotopic (exact) mass is 342 g/mol. The maximum Gasteiger partial charge on any atom is 0.238 e. The van der Waals surface area contributed by atoms with Crippen LogP contribution in [0.25, 0.3) is 0 Å². The number of amides is 1. The van der Waals surface area contributed by atoms with Gasteiger partial charge in [-0.3, -0.25) is 4.79 Å². The van der Waals surface area contributed by atoms with Gasteiger partial charge in [-0.25, -0.2) is 0 Å². The van der Waals surface area contributed by atoms with E-state index in [1.54, 1.807) is 11.8 Å². The summed E-state index contributed by atoms with van der Waals surface area (Å²) in [6, 6.07) is 19.9. The zero-order valence-electron chi connectivity index (χ0n) is 14.5. The van der Waals surface area contributed by atoms with Gasteiger partial charge in [0.15, 0.2) is 0 Å². The van der Waals surface area contributed by atoms with Crippen LogP contribution in [0.1, 0.15) is 30.9 Å². The summed E-state index contributed by atoms with van der Waals surface area (Å²) in [5.41, 5.74) is 8.50. The van der Waals surface area contributed by atoms with Crippen LogP contribution in [0.5, 0.6) is 0 Å². The molecule has 3 N–H and O–H groups in total. The van der Waals surface area contributed by atoms with Crippen molar-refractivity contribution in [1.29, 1.82) is 0 Å². The lowest BCUT2D eigenvalue weighted by Gasteiger charge is -2.29. The Morgan fingerprint density at radius 1 is 1.04 bits per heavy atom. The predicted molar refractivity (Wildman–Crippen MR) is 103 cm³/mol. The molecule has 0 aliphatic heterocycles. The number of benzene rings is 2. The maximum atomic E-state index is 12.5. The molecule has 0 fully saturated rings. The topological polar surface area (TPSA) is 55.1 Å². The number of thioether (sulfide) groups is 1. The molecule has 2 aromatic carbocycles. The number of nitrogens with two attached hydrogens (primary N) is 1. The predicted octanol–water partition coefficient (Wildman–Crippen LogP) is 3.40. The molecule has 24 heavy (non-hydrogen) atoms. The Hall–Kier alpha value is -1.78. The summed E-state index contributed by atoms with van der Waals surface area (Å²) in [5, 5.41) is 3.04. The van der Waals surface area contributed by atoms with E-state index in [2.05, 4.69) is 29.6 Å². The van der Waals surface area contributed by atoms with Gasteiger partial charge in [0.05, 0.1) is 6.04 Å². The molecule has 0 aromatic heterocycles. The Morgan fingerprint density at radius 2 is 1.50 bits per heavy atom. The standard InChI is InChI=1S/C20H26N2OS/c1-20(2,24-3)18(21)19(23)22-14-17(15-10-6-4-7-11-15)16-12-8-5-9-13-16/h4-13,17-18H,14,21H2,1-3H3,(H,22,23)/t18-/m1/s1. The molecule has 2 rings (SSSR count). The first-order valence-corrected chi connectivity index (χ1v) is 9.36. The van der Waals surface area contributed by atoms with Gasteiger partial charge in [-0.15, -0.1) is 0 Å². The van der Waals surface area contributed by atoms with Gasteiger partial charge >= 0.3 is 0 Å². The molecule has 2 aromatic rings. The first-order valence-electron chi connectivity index (χ1n) is 8.14. The highest BCUT2D eigenvalue weighted by atomic mass is 32.2. The van der Waals surface area contributed by atoms with E-state index in [-0.39, 0.29) is 16.6 Å². The van der Waals surface area contributed by atoms with Crippen LogP contribution in [0.4, 0.5) is 0 Å². The van der Waals surface area contributed by atoms with Gasteiger partial charge in [0.1, 0.15) is 0 Å². The first kappa shape index (κ1) is 18.6. The van der Waals surface area contributed by atoms with Gasteiger partial charge in [0, 0.05) is 17.2 Å². The van der Waals surface area contributed by atoms with Crippen molar-refractivity contribution in [2.24, 2.45) is 5.73 Å². The van der Waals surface area contributed by atoms with Crippen molar-refractivity contribution in [1.82, 2.24) is 5.32 Å². The largest absolute Gasteiger partial charge is 0.354 e. The van der Waals surface area contributed by atoms with Crippen molar-refractivity contribution < 1.29 is 4.79 Å². The summed E-state index contributed by atoms with van der Waals surface area (Å²) in [7, 11) is 0. The van der Waals surface area contributed by atoms with Crippen molar-refractivity contribution in [3.63, 3.8) is 0 Å². The summed E-state index contributed by atoms with van der Waals surface area (Å²) in [6.07, 6.45) is 1.98. The van der Waals surface area contributed by atoms with Crippen molar-refractivity contribution >= 4 is 17.7 Å². The van der Waals surface area contributed by atoms with Crippen LogP contribution in [-0.2, 0) is 4.79 Å². The minimum atomic E-state index is -0.542. The fourth-order valence-electron chi connectivity index (χ4n) is 2.55. The van der Waals surface area contributed by atoms with Crippen LogP contribution in [-0.4, -0.2) is 29.5 Å². The van der Waals surface area contributed by atoms with Crippen molar-refractivity contribution in [3.05, 3.63) is 71.8 Å². The van der Waals surface area contributed by atoms with Crippen LogP contribution < -0.4 is 11.1 Å². The molecular formula is C20H26N2OS. The average Bonchev–Trinajstić information content (AvgIpc) is 2.62. The average molecular weight is 343 g/mol. The van der Waals surface area contributed by atoms with Crippen LogP contribution in [0.15, 0.2) is 60.7 Å². The third-order valence-corrected chi connectivity index (χ3v) is 5.75. The molecule has 0 spiro atoms. The molecule has 0 unspecified atom stereocenters. The fraction of sp³-hybridized carbons (Fsp3) is 0.350. The van der Waals surface area contributed by atoms with E-state index in [9.17, 15) is 4.79 Å². The molecule has 1 amide bonds. The maximum absolute atomic E-state index is 12.5. The third-order valence-electron chi connectivity index (χ3n) is 4.44. The van der Waals surface area contributed by atoms with Crippen LogP contribution >= 0.6 is 11.8 Å². The number of hydrogen-bond donors (Lipinski definition) is 2. The van der Waals surface area contributed by atoms with Gasteiger partial charge in [0.25, 0.3) is 0 Å². The molecule has 0 saturated carbocycles. The zero-order chi connectivity index (χ0) is 17.6. The van der Waals surface area contributed by atoms with Gasteiger partial charge in [-0.2, -0.15) is 11.8 Å². The number of rotatable bonds is 7. The molecule has 3 nitrogen and oxygen atoms in total. The minimum absolute atomic E-state index is 0.105. The quantitative estimate of drug-likeness (QED) is 0.811. The molecule has 128 valence electrons. The summed E-state index contributed by atoms with van der Waals surface area (Å²) in [6.45, 7) is 4.52. The van der Waals surface area contributed by atoms with Crippen molar-refractivity contribution in [2.75, 3.05) is 12.8 Å². The molecule has 0 heterocycles. The second kappa shape index (κ2) is 8.36. The minimum Gasteiger partial charge on any atom is -0.354 e. The lowest BCUT2D eigenvalue weighted by Crippen LogP contribution is -2.52. The lowest BCUT2D eigenvalue weighted by molar-refractivity contribution is -0.122. The second-order valence-electron chi connectivity index (χ2n) is 6.40. The van der Waals surface area contributed by atoms with E-state index in [0.717, 1.165) is 0 Å². The fourth-order valence-corrected chi connectivity index (χ4v) is 2.92. The van der Waals surface area contributed by atoms with E-state index < -0.39 is 6.04 Å². The number of carbonyl (C=O) groups is 1. The summed E-state index contributed by atoms with van der Waals surface area (Å²) < 4.78 is -0.293. The molecular weight excluding hydrogens is 316 g/mol. The molecule has 1 atom stereocenters. The first-order chi connectivity index (χ1) is 11.5. The normalized spacial score (nSPS) is 12.9. The smallest absolute Gasteiger partial charge is 0.238 e. The third kappa shape index (κ3) is 4.62. The van der Waals surface area contributed by atoms with Crippen LogP contribution in [0.3, 0.4) is 0 Å². The molecule has 4 heteroatoms. The summed E-state index contributed by atoms with van der Waals surface area (Å²) in [4.78, 5) is 12.5. The van der Waals surface area contributed by atoms with Crippen molar-refractivity contribution in [3.8, 4) is 0 Å². The highest BCUT2D eigenvalue weighted by molar-refractivity contribution is 8.00. The van der Waals surface area contributed by atoms with E-state index in [1.807, 2.05) is 56.5 Å². The van der Waals surface area contributed by atoms with E-state index >= 15 is 0 Å². The van der Waals surface area contributed by atoms with Gasteiger partial charge in [0.2, 0.25) is 5.91 Å². The van der Waals surface area contributed by atoms with Crippen LogP contribution in [0.2, 0.25) is 0 Å². The van der Waals surface area contributed by atoms with Crippen LogP contribution in [0, 0.1) is 0 Å². The Balaban J connectivity index is 2.14. The SMILES string of the molecule is CSC(C)(C)[C@H](N)C(=O)NCC(c1ccccc1)c1ccccc1. The highest BCUT2D eigenvalue weighted by Crippen LogP contribution is 2.26. The lowest BCUT2D eigenvalue weighted by atomic mass is 9.91. The Kier molecular flexibility index (Phi) is 6.46. The Bertz CT molecular complexity index is 604. The summed E-state index contributed by atoms with van der Waals surface area (Å²) in [5.74, 6) is 0.00662. The van der Waals surface area contributed by atoms with Gasteiger partial charge in [-0.05, 0) is 31.2 Å². The Labute approximate surface area is 149 Å². The van der Waals surface area contributed by atoms with E-state index in [1.165, 1.54) is 11.1 Å². The van der Waals surface area contributed by atoms with Gasteiger partial charge < -0.3 is 11.1 Å². The number of carbonyl (C=O) groups excluding carboxylic acids is 1. The van der Waals surface area contributed by atoms with Gasteiger partial charge in [-0.1, -0.05) is 60.7 Å². The highest BCUT2D eigenvalue weighted by Gasteiger charge is 2.31. The van der Waals surface area contributed by atoms with E-state index in [0.29, 0.717) is 6.54 Å². The molecule has 0 radical (unpaired) electrons. The van der Waals surface area contributed by atoms with E-state index in [4.69, 9.17) is 5.73 Å². The van der Waals surface area contributed by atoms with Crippen molar-refractivity contribution in [2.45, 2.75) is 30.6 Å². The molecule has 0 aliphatic rings. The number of nitrogens with one attached hydrogen (secondary N) is 1. The Morgan fingerprint density at radius 3 is 1.92 bits per heavy atom. The number of hydrogen-bond acceptors (Lipinski definition) is 3.